The summed E-state index contributed by atoms with van der Waals surface area (Å²) >= 11 is 7.04. The van der Waals surface area contributed by atoms with Crippen molar-refractivity contribution in [2.75, 3.05) is 0 Å². The predicted molar refractivity (Wildman–Crippen MR) is 80.4 cm³/mol. The summed E-state index contributed by atoms with van der Waals surface area (Å²) in [7, 11) is 0. The molecule has 122 valence electrons. The van der Waals surface area contributed by atoms with E-state index in [1.165, 1.54) is 0 Å². The van der Waals surface area contributed by atoms with Crippen molar-refractivity contribution in [3.63, 3.8) is 0 Å². The number of benzene rings is 1. The third-order valence-corrected chi connectivity index (χ3v) is 4.57. The van der Waals surface area contributed by atoms with Crippen LogP contribution in [-0.4, -0.2) is 11.8 Å². The monoisotopic (exact) mass is 362 g/mol. The van der Waals surface area contributed by atoms with E-state index in [4.69, 9.17) is 11.6 Å². The SMILES string of the molecule is Cc1csc(C(=O)NNC(=O)c2ccc(C(F)(F)F)cc2)c1Cl. The van der Waals surface area contributed by atoms with E-state index in [2.05, 4.69) is 10.9 Å². The van der Waals surface area contributed by atoms with Gasteiger partial charge < -0.3 is 0 Å². The molecule has 0 fully saturated rings. The molecule has 1 heterocycles. The molecule has 0 aliphatic heterocycles. The summed E-state index contributed by atoms with van der Waals surface area (Å²) in [4.78, 5) is 23.9. The van der Waals surface area contributed by atoms with Gasteiger partial charge in [-0.2, -0.15) is 13.2 Å². The van der Waals surface area contributed by atoms with Gasteiger partial charge in [0.1, 0.15) is 4.88 Å². The number of amides is 2. The molecule has 0 aliphatic rings. The first-order chi connectivity index (χ1) is 10.7. The van der Waals surface area contributed by atoms with Crippen molar-refractivity contribution in [3.8, 4) is 0 Å². The van der Waals surface area contributed by atoms with Crippen LogP contribution in [0.4, 0.5) is 13.2 Å². The molecule has 0 saturated heterocycles. The van der Waals surface area contributed by atoms with Crippen molar-refractivity contribution in [3.05, 3.63) is 56.2 Å². The Kier molecular flexibility index (Phi) is 4.96. The molecular weight excluding hydrogens is 353 g/mol. The number of halogens is 4. The molecule has 9 heteroatoms. The van der Waals surface area contributed by atoms with E-state index in [-0.39, 0.29) is 15.5 Å². The van der Waals surface area contributed by atoms with Gasteiger partial charge in [0.15, 0.2) is 0 Å². The predicted octanol–water partition coefficient (Wildman–Crippen LogP) is 3.80. The van der Waals surface area contributed by atoms with Crippen LogP contribution < -0.4 is 10.9 Å². The minimum absolute atomic E-state index is 0.0215. The Morgan fingerprint density at radius 2 is 1.65 bits per heavy atom. The first kappa shape index (κ1) is 17.3. The lowest BCUT2D eigenvalue weighted by Gasteiger charge is -2.09. The van der Waals surface area contributed by atoms with E-state index in [1.807, 2.05) is 0 Å². The van der Waals surface area contributed by atoms with E-state index >= 15 is 0 Å². The maximum Gasteiger partial charge on any atom is 0.416 e. The number of alkyl halides is 3. The molecule has 0 radical (unpaired) electrons. The number of aryl methyl sites for hydroxylation is 1. The molecule has 1 aromatic heterocycles. The molecule has 1 aromatic carbocycles. The molecule has 0 saturated carbocycles. The van der Waals surface area contributed by atoms with E-state index in [1.54, 1.807) is 12.3 Å². The first-order valence-corrected chi connectivity index (χ1v) is 7.47. The van der Waals surface area contributed by atoms with Crippen molar-refractivity contribution < 1.29 is 22.8 Å². The van der Waals surface area contributed by atoms with Crippen molar-refractivity contribution in [2.45, 2.75) is 13.1 Å². The summed E-state index contributed by atoms with van der Waals surface area (Å²) in [6, 6.07) is 3.62. The summed E-state index contributed by atoms with van der Waals surface area (Å²) in [6.45, 7) is 1.73. The standard InChI is InChI=1S/C14H10ClF3N2O2S/c1-7-6-23-11(10(7)15)13(22)20-19-12(21)8-2-4-9(5-3-8)14(16,17)18/h2-6H,1H3,(H,19,21)(H,20,22). The van der Waals surface area contributed by atoms with Gasteiger partial charge in [0.05, 0.1) is 10.6 Å². The van der Waals surface area contributed by atoms with Crippen molar-refractivity contribution in [1.82, 2.24) is 10.9 Å². The Morgan fingerprint density at radius 3 is 2.13 bits per heavy atom. The maximum atomic E-state index is 12.4. The van der Waals surface area contributed by atoms with E-state index in [0.717, 1.165) is 41.2 Å². The summed E-state index contributed by atoms with van der Waals surface area (Å²) in [5, 5.41) is 1.98. The molecule has 4 nitrogen and oxygen atoms in total. The highest BCUT2D eigenvalue weighted by atomic mass is 35.5. The van der Waals surface area contributed by atoms with Gasteiger partial charge in [-0.3, -0.25) is 20.4 Å². The van der Waals surface area contributed by atoms with Crippen LogP contribution >= 0.6 is 22.9 Å². The van der Waals surface area contributed by atoms with Crippen LogP contribution in [0.3, 0.4) is 0 Å². The van der Waals surface area contributed by atoms with Crippen LogP contribution in [0.25, 0.3) is 0 Å². The zero-order chi connectivity index (χ0) is 17.2. The zero-order valence-corrected chi connectivity index (χ0v) is 13.2. The molecule has 0 unspecified atom stereocenters. The highest BCUT2D eigenvalue weighted by Crippen LogP contribution is 2.29. The number of hydrogen-bond acceptors (Lipinski definition) is 3. The summed E-state index contributed by atoms with van der Waals surface area (Å²) in [5.41, 5.74) is 4.13. The second-order valence-corrected chi connectivity index (χ2v) is 5.80. The van der Waals surface area contributed by atoms with Gasteiger partial charge in [-0.25, -0.2) is 0 Å². The van der Waals surface area contributed by atoms with E-state index in [9.17, 15) is 22.8 Å². The van der Waals surface area contributed by atoms with Gasteiger partial charge in [0, 0.05) is 5.56 Å². The fourth-order valence-corrected chi connectivity index (χ4v) is 2.81. The molecule has 0 spiro atoms. The van der Waals surface area contributed by atoms with E-state index in [0.29, 0.717) is 0 Å². The Labute approximate surface area is 138 Å². The molecule has 2 amide bonds. The molecule has 2 aromatic rings. The molecule has 0 bridgehead atoms. The quantitative estimate of drug-likeness (QED) is 0.798. The molecule has 2 rings (SSSR count). The topological polar surface area (TPSA) is 58.2 Å². The van der Waals surface area contributed by atoms with Crippen molar-refractivity contribution in [1.29, 1.82) is 0 Å². The number of carbonyl (C=O) groups excluding carboxylic acids is 2. The third kappa shape index (κ3) is 4.02. The van der Waals surface area contributed by atoms with Crippen LogP contribution in [0.15, 0.2) is 29.6 Å². The van der Waals surface area contributed by atoms with E-state index < -0.39 is 23.6 Å². The van der Waals surface area contributed by atoms with Crippen LogP contribution in [-0.2, 0) is 6.18 Å². The Morgan fingerprint density at radius 1 is 1.09 bits per heavy atom. The smallest absolute Gasteiger partial charge is 0.267 e. The van der Waals surface area contributed by atoms with Crippen LogP contribution in [0.5, 0.6) is 0 Å². The van der Waals surface area contributed by atoms with Crippen LogP contribution in [0.1, 0.15) is 31.2 Å². The largest absolute Gasteiger partial charge is 0.416 e. The second-order valence-electron chi connectivity index (χ2n) is 4.55. The number of rotatable bonds is 2. The fraction of sp³-hybridized carbons (Fsp3) is 0.143. The number of nitrogens with one attached hydrogen (secondary N) is 2. The fourth-order valence-electron chi connectivity index (χ4n) is 1.64. The van der Waals surface area contributed by atoms with Gasteiger partial charge in [0.2, 0.25) is 0 Å². The summed E-state index contributed by atoms with van der Waals surface area (Å²) in [6.07, 6.45) is -4.48. The Bertz CT molecular complexity index is 741. The van der Waals surface area contributed by atoms with Gasteiger partial charge in [0.25, 0.3) is 11.8 Å². The Hall–Kier alpha value is -2.06. The minimum atomic E-state index is -4.48. The Balaban J connectivity index is 2.00. The molecule has 2 N–H and O–H groups in total. The van der Waals surface area contributed by atoms with Gasteiger partial charge in [-0.1, -0.05) is 11.6 Å². The number of hydrazine groups is 1. The van der Waals surface area contributed by atoms with Gasteiger partial charge in [-0.15, -0.1) is 11.3 Å². The minimum Gasteiger partial charge on any atom is -0.267 e. The van der Waals surface area contributed by atoms with Crippen molar-refractivity contribution in [2.24, 2.45) is 0 Å². The lowest BCUT2D eigenvalue weighted by atomic mass is 10.1. The molecular formula is C14H10ClF3N2O2S. The third-order valence-electron chi connectivity index (χ3n) is 2.87. The average molecular weight is 363 g/mol. The lowest BCUT2D eigenvalue weighted by molar-refractivity contribution is -0.137. The summed E-state index contributed by atoms with van der Waals surface area (Å²) < 4.78 is 37.3. The van der Waals surface area contributed by atoms with Crippen LogP contribution in [0, 0.1) is 6.92 Å². The summed E-state index contributed by atoms with van der Waals surface area (Å²) in [5.74, 6) is -1.34. The number of hydrogen-bond donors (Lipinski definition) is 2. The highest BCUT2D eigenvalue weighted by molar-refractivity contribution is 7.13. The van der Waals surface area contributed by atoms with Gasteiger partial charge in [-0.05, 0) is 42.1 Å². The molecule has 23 heavy (non-hydrogen) atoms. The lowest BCUT2D eigenvalue weighted by Crippen LogP contribution is -2.41. The first-order valence-electron chi connectivity index (χ1n) is 6.21. The average Bonchev–Trinajstić information content (AvgIpc) is 2.83. The molecule has 0 aliphatic carbocycles. The number of thiophene rings is 1. The maximum absolute atomic E-state index is 12.4. The number of carbonyl (C=O) groups is 2. The molecule has 0 atom stereocenters. The van der Waals surface area contributed by atoms with Crippen molar-refractivity contribution >= 4 is 34.8 Å². The highest BCUT2D eigenvalue weighted by Gasteiger charge is 2.30. The van der Waals surface area contributed by atoms with Crippen LogP contribution in [0.2, 0.25) is 5.02 Å². The van der Waals surface area contributed by atoms with Gasteiger partial charge >= 0.3 is 6.18 Å². The second kappa shape index (κ2) is 6.59. The zero-order valence-electron chi connectivity index (χ0n) is 11.6. The normalized spacial score (nSPS) is 11.2.